The van der Waals surface area contributed by atoms with E-state index in [1.54, 1.807) is 18.2 Å². The lowest BCUT2D eigenvalue weighted by molar-refractivity contribution is -0.116. The van der Waals surface area contributed by atoms with Crippen molar-refractivity contribution < 1.29 is 9.90 Å². The summed E-state index contributed by atoms with van der Waals surface area (Å²) in [6.07, 6.45) is 0.105. The van der Waals surface area contributed by atoms with Crippen LogP contribution in [0.1, 0.15) is 12.0 Å². The minimum atomic E-state index is -0.207. The third-order valence-electron chi connectivity index (χ3n) is 1.99. The maximum Gasteiger partial charge on any atom is 0.226 e. The molecule has 0 spiro atoms. The lowest BCUT2D eigenvalue weighted by Gasteiger charge is -2.09. The fourth-order valence-electron chi connectivity index (χ4n) is 1.10. The van der Waals surface area contributed by atoms with E-state index in [9.17, 15) is 4.79 Å². The summed E-state index contributed by atoms with van der Waals surface area (Å²) in [5, 5.41) is 11.2. The van der Waals surface area contributed by atoms with Gasteiger partial charge < -0.3 is 16.2 Å². The van der Waals surface area contributed by atoms with Crippen molar-refractivity contribution >= 4 is 17.3 Å². The average Bonchev–Trinajstić information content (AvgIpc) is 2.13. The van der Waals surface area contributed by atoms with Crippen LogP contribution in [0.2, 0.25) is 0 Å². The molecule has 0 unspecified atom stereocenters. The number of carbonyl (C=O) groups is 1. The minimum Gasteiger partial charge on any atom is -0.398 e. The summed E-state index contributed by atoms with van der Waals surface area (Å²) in [7, 11) is 0. The van der Waals surface area contributed by atoms with E-state index in [-0.39, 0.29) is 18.9 Å². The Morgan fingerprint density at radius 2 is 2.29 bits per heavy atom. The molecule has 0 aliphatic heterocycles. The first-order valence-electron chi connectivity index (χ1n) is 4.41. The number of nitrogens with two attached hydrogens (primary N) is 1. The molecule has 0 radical (unpaired) electrons. The predicted molar refractivity (Wildman–Crippen MR) is 55.9 cm³/mol. The van der Waals surface area contributed by atoms with Crippen molar-refractivity contribution in [3.63, 3.8) is 0 Å². The number of amides is 1. The van der Waals surface area contributed by atoms with Crippen molar-refractivity contribution in [3.8, 4) is 0 Å². The molecule has 1 amide bonds. The smallest absolute Gasteiger partial charge is 0.226 e. The van der Waals surface area contributed by atoms with Crippen molar-refractivity contribution in [3.05, 3.63) is 23.8 Å². The molecule has 0 bridgehead atoms. The van der Waals surface area contributed by atoms with Gasteiger partial charge in [-0.2, -0.15) is 0 Å². The fraction of sp³-hybridized carbons (Fsp3) is 0.300. The van der Waals surface area contributed by atoms with Crippen LogP contribution in [0.25, 0.3) is 0 Å². The zero-order chi connectivity index (χ0) is 10.6. The van der Waals surface area contributed by atoms with Crippen molar-refractivity contribution in [1.82, 2.24) is 0 Å². The first-order valence-corrected chi connectivity index (χ1v) is 4.41. The van der Waals surface area contributed by atoms with E-state index in [0.29, 0.717) is 11.4 Å². The number of rotatable bonds is 3. The number of aliphatic hydroxyl groups is 1. The van der Waals surface area contributed by atoms with Gasteiger partial charge in [0.2, 0.25) is 5.91 Å². The molecule has 0 aliphatic rings. The van der Waals surface area contributed by atoms with E-state index >= 15 is 0 Å². The standard InChI is InChI=1S/C10H14N2O2/c1-7-8(11)3-2-4-9(7)12-10(14)5-6-13/h2-4,13H,5-6,11H2,1H3,(H,12,14). The maximum absolute atomic E-state index is 11.2. The molecule has 0 saturated heterocycles. The van der Waals surface area contributed by atoms with Gasteiger partial charge in [0.15, 0.2) is 0 Å². The second-order valence-electron chi connectivity index (χ2n) is 3.04. The monoisotopic (exact) mass is 194 g/mol. The van der Waals surface area contributed by atoms with E-state index in [4.69, 9.17) is 10.8 Å². The Morgan fingerprint density at radius 1 is 1.57 bits per heavy atom. The molecule has 0 aliphatic carbocycles. The van der Waals surface area contributed by atoms with Gasteiger partial charge >= 0.3 is 0 Å². The summed E-state index contributed by atoms with van der Waals surface area (Å²) in [6.45, 7) is 1.69. The number of aliphatic hydroxyl groups excluding tert-OH is 1. The Balaban J connectivity index is 2.76. The number of benzene rings is 1. The van der Waals surface area contributed by atoms with Gasteiger partial charge in [0, 0.05) is 11.4 Å². The predicted octanol–water partition coefficient (Wildman–Crippen LogP) is 0.898. The number of nitrogen functional groups attached to an aromatic ring is 1. The number of hydrogen-bond donors (Lipinski definition) is 3. The molecule has 14 heavy (non-hydrogen) atoms. The van der Waals surface area contributed by atoms with Gasteiger partial charge in [-0.25, -0.2) is 0 Å². The highest BCUT2D eigenvalue weighted by Crippen LogP contribution is 2.20. The number of nitrogens with one attached hydrogen (secondary N) is 1. The van der Waals surface area contributed by atoms with Crippen LogP contribution in [0.3, 0.4) is 0 Å². The van der Waals surface area contributed by atoms with Gasteiger partial charge in [-0.15, -0.1) is 0 Å². The molecule has 0 heterocycles. The normalized spacial score (nSPS) is 9.86. The Morgan fingerprint density at radius 3 is 2.93 bits per heavy atom. The Labute approximate surface area is 82.7 Å². The van der Waals surface area contributed by atoms with Crippen LogP contribution in [0, 0.1) is 6.92 Å². The molecule has 4 nitrogen and oxygen atoms in total. The van der Waals surface area contributed by atoms with Crippen molar-refractivity contribution in [2.45, 2.75) is 13.3 Å². The van der Waals surface area contributed by atoms with Crippen molar-refractivity contribution in [2.24, 2.45) is 0 Å². The molecule has 1 aromatic rings. The van der Waals surface area contributed by atoms with E-state index in [1.807, 2.05) is 6.92 Å². The molecule has 0 atom stereocenters. The zero-order valence-corrected chi connectivity index (χ0v) is 8.08. The van der Waals surface area contributed by atoms with Gasteiger partial charge in [-0.3, -0.25) is 4.79 Å². The Kier molecular flexibility index (Phi) is 3.48. The van der Waals surface area contributed by atoms with Gasteiger partial charge in [0.05, 0.1) is 13.0 Å². The second-order valence-corrected chi connectivity index (χ2v) is 3.04. The summed E-state index contributed by atoms with van der Waals surface area (Å²) >= 11 is 0. The van der Waals surface area contributed by atoms with Crippen LogP contribution < -0.4 is 11.1 Å². The first kappa shape index (κ1) is 10.5. The van der Waals surface area contributed by atoms with Gasteiger partial charge in [0.1, 0.15) is 0 Å². The van der Waals surface area contributed by atoms with Gasteiger partial charge in [-0.05, 0) is 24.6 Å². The summed E-state index contributed by atoms with van der Waals surface area (Å²) in [4.78, 5) is 11.2. The molecule has 4 heteroatoms. The van der Waals surface area contributed by atoms with Crippen LogP contribution in [0.4, 0.5) is 11.4 Å². The second kappa shape index (κ2) is 4.62. The molecule has 0 aromatic heterocycles. The molecule has 76 valence electrons. The molecule has 4 N–H and O–H groups in total. The maximum atomic E-state index is 11.2. The summed E-state index contributed by atoms with van der Waals surface area (Å²) in [5.74, 6) is -0.207. The summed E-state index contributed by atoms with van der Waals surface area (Å²) in [6, 6.07) is 5.33. The van der Waals surface area contributed by atoms with Crippen LogP contribution >= 0.6 is 0 Å². The highest BCUT2D eigenvalue weighted by Gasteiger charge is 2.04. The third-order valence-corrected chi connectivity index (χ3v) is 1.99. The SMILES string of the molecule is Cc1c(N)cccc1NC(=O)CCO. The lowest BCUT2D eigenvalue weighted by atomic mass is 10.1. The number of hydrogen-bond acceptors (Lipinski definition) is 3. The lowest BCUT2D eigenvalue weighted by Crippen LogP contribution is -2.14. The van der Waals surface area contributed by atoms with Crippen molar-refractivity contribution in [1.29, 1.82) is 0 Å². The van der Waals surface area contributed by atoms with Crippen LogP contribution in [0.15, 0.2) is 18.2 Å². The zero-order valence-electron chi connectivity index (χ0n) is 8.08. The van der Waals surface area contributed by atoms with Crippen LogP contribution in [0.5, 0.6) is 0 Å². The molecule has 0 fully saturated rings. The molecule has 0 saturated carbocycles. The quantitative estimate of drug-likeness (QED) is 0.626. The summed E-state index contributed by atoms with van der Waals surface area (Å²) in [5.41, 5.74) is 7.86. The highest BCUT2D eigenvalue weighted by molar-refractivity contribution is 5.92. The van der Waals surface area contributed by atoms with E-state index in [0.717, 1.165) is 5.56 Å². The molecular weight excluding hydrogens is 180 g/mol. The van der Waals surface area contributed by atoms with Gasteiger partial charge in [-0.1, -0.05) is 6.07 Å². The third kappa shape index (κ3) is 2.47. The summed E-state index contributed by atoms with van der Waals surface area (Å²) < 4.78 is 0. The highest BCUT2D eigenvalue weighted by atomic mass is 16.3. The van der Waals surface area contributed by atoms with Crippen molar-refractivity contribution in [2.75, 3.05) is 17.7 Å². The minimum absolute atomic E-state index is 0.105. The number of carbonyl (C=O) groups excluding carboxylic acids is 1. The number of anilines is 2. The molecule has 1 rings (SSSR count). The topological polar surface area (TPSA) is 75.3 Å². The van der Waals surface area contributed by atoms with E-state index in [1.165, 1.54) is 0 Å². The first-order chi connectivity index (χ1) is 6.65. The molecule has 1 aromatic carbocycles. The molecular formula is C10H14N2O2. The Hall–Kier alpha value is -1.55. The van der Waals surface area contributed by atoms with Gasteiger partial charge in [0.25, 0.3) is 0 Å². The largest absolute Gasteiger partial charge is 0.398 e. The van der Waals surface area contributed by atoms with Crippen LogP contribution in [-0.2, 0) is 4.79 Å². The average molecular weight is 194 g/mol. The van der Waals surface area contributed by atoms with E-state index < -0.39 is 0 Å². The van der Waals surface area contributed by atoms with Crippen LogP contribution in [-0.4, -0.2) is 17.6 Å². The Bertz CT molecular complexity index is 337. The van der Waals surface area contributed by atoms with E-state index in [2.05, 4.69) is 5.32 Å². The fourth-order valence-corrected chi connectivity index (χ4v) is 1.10.